The van der Waals surface area contributed by atoms with Gasteiger partial charge in [-0.05, 0) is 26.8 Å². The number of thiazole rings is 1. The summed E-state index contributed by atoms with van der Waals surface area (Å²) < 4.78 is 0. The van der Waals surface area contributed by atoms with E-state index in [1.807, 2.05) is 14.0 Å². The van der Waals surface area contributed by atoms with Crippen molar-refractivity contribution in [2.24, 2.45) is 0 Å². The third-order valence-electron chi connectivity index (χ3n) is 3.47. The van der Waals surface area contributed by atoms with Crippen LogP contribution < -0.4 is 10.6 Å². The van der Waals surface area contributed by atoms with Crippen molar-refractivity contribution >= 4 is 42.1 Å². The molecule has 1 aliphatic rings. The van der Waals surface area contributed by atoms with Gasteiger partial charge >= 0.3 is 0 Å². The molecule has 1 amide bonds. The van der Waals surface area contributed by atoms with E-state index in [9.17, 15) is 4.79 Å². The molecule has 0 atom stereocenters. The molecule has 1 aliphatic carbocycles. The molecule has 2 N–H and O–H groups in total. The van der Waals surface area contributed by atoms with Crippen LogP contribution in [-0.2, 0) is 10.3 Å². The number of amides is 1. The number of halogens is 2. The maximum absolute atomic E-state index is 12.0. The molecule has 0 aliphatic heterocycles. The summed E-state index contributed by atoms with van der Waals surface area (Å²) in [6.45, 7) is 2.73. The van der Waals surface area contributed by atoms with Gasteiger partial charge in [0.25, 0.3) is 0 Å². The minimum Gasteiger partial charge on any atom is -0.344 e. The van der Waals surface area contributed by atoms with E-state index in [1.54, 1.807) is 11.3 Å². The third kappa shape index (κ3) is 4.58. The number of hydrogen-bond donors (Lipinski definition) is 2. The van der Waals surface area contributed by atoms with Gasteiger partial charge in [-0.2, -0.15) is 0 Å². The molecule has 0 saturated heterocycles. The van der Waals surface area contributed by atoms with Crippen LogP contribution in [0.5, 0.6) is 0 Å². The van der Waals surface area contributed by atoms with E-state index in [2.05, 4.69) is 21.0 Å². The number of carbonyl (C=O) groups is 1. The van der Waals surface area contributed by atoms with Crippen LogP contribution in [0.15, 0.2) is 5.38 Å². The van der Waals surface area contributed by atoms with Crippen molar-refractivity contribution in [3.8, 4) is 0 Å². The summed E-state index contributed by atoms with van der Waals surface area (Å²) >= 11 is 1.67. The first-order valence-electron chi connectivity index (χ1n) is 6.54. The van der Waals surface area contributed by atoms with E-state index in [0.717, 1.165) is 30.1 Å². The van der Waals surface area contributed by atoms with Crippen LogP contribution >= 0.6 is 36.2 Å². The van der Waals surface area contributed by atoms with Gasteiger partial charge in [-0.25, -0.2) is 4.98 Å². The van der Waals surface area contributed by atoms with Gasteiger partial charge < -0.3 is 10.6 Å². The molecule has 4 nitrogen and oxygen atoms in total. The Kier molecular flexibility index (Phi) is 8.66. The SMILES string of the molecule is CNCCC(=O)NC1(c2nc(C)cs2)CCCC1.Cl.Cl. The summed E-state index contributed by atoms with van der Waals surface area (Å²) in [6, 6.07) is 0. The van der Waals surface area contributed by atoms with Crippen LogP contribution in [-0.4, -0.2) is 24.5 Å². The van der Waals surface area contributed by atoms with Gasteiger partial charge in [-0.1, -0.05) is 12.8 Å². The highest BCUT2D eigenvalue weighted by Gasteiger charge is 2.39. The molecule has 0 radical (unpaired) electrons. The van der Waals surface area contributed by atoms with Crippen LogP contribution in [0.25, 0.3) is 0 Å². The van der Waals surface area contributed by atoms with Crippen molar-refractivity contribution in [2.45, 2.75) is 44.6 Å². The van der Waals surface area contributed by atoms with Crippen molar-refractivity contribution in [2.75, 3.05) is 13.6 Å². The van der Waals surface area contributed by atoms with Crippen LogP contribution in [0.2, 0.25) is 0 Å². The van der Waals surface area contributed by atoms with Gasteiger partial charge in [0.1, 0.15) is 5.01 Å². The average molecular weight is 340 g/mol. The molecule has 0 unspecified atom stereocenters. The average Bonchev–Trinajstić information content (AvgIpc) is 2.96. The zero-order valence-corrected chi connectivity index (χ0v) is 14.3. The van der Waals surface area contributed by atoms with Crippen LogP contribution in [0.1, 0.15) is 42.8 Å². The van der Waals surface area contributed by atoms with Crippen molar-refractivity contribution in [3.05, 3.63) is 16.1 Å². The molecule has 20 heavy (non-hydrogen) atoms. The van der Waals surface area contributed by atoms with Crippen LogP contribution in [0, 0.1) is 6.92 Å². The molecule has 2 rings (SSSR count). The predicted octanol–water partition coefficient (Wildman–Crippen LogP) is 2.79. The topological polar surface area (TPSA) is 54.0 Å². The molecule has 0 spiro atoms. The minimum atomic E-state index is -0.191. The second-order valence-corrected chi connectivity index (χ2v) is 5.84. The standard InChI is InChI=1S/C13H21N3OS.2ClH/c1-10-9-18-12(15-10)13(6-3-4-7-13)16-11(17)5-8-14-2;;/h9,14H,3-8H2,1-2H3,(H,16,17);2*1H. The van der Waals surface area contributed by atoms with Crippen molar-refractivity contribution < 1.29 is 4.79 Å². The number of nitrogens with one attached hydrogen (secondary N) is 2. The summed E-state index contributed by atoms with van der Waals surface area (Å²) in [6.07, 6.45) is 4.91. The Labute approximate surface area is 137 Å². The van der Waals surface area contributed by atoms with E-state index >= 15 is 0 Å². The summed E-state index contributed by atoms with van der Waals surface area (Å²) in [5.41, 5.74) is 0.856. The lowest BCUT2D eigenvalue weighted by Gasteiger charge is -2.28. The van der Waals surface area contributed by atoms with Gasteiger partial charge in [0.05, 0.1) is 5.54 Å². The highest BCUT2D eigenvalue weighted by molar-refractivity contribution is 7.09. The number of nitrogens with zero attached hydrogens (tertiary/aromatic N) is 1. The molecule has 116 valence electrons. The lowest BCUT2D eigenvalue weighted by molar-refractivity contribution is -0.123. The monoisotopic (exact) mass is 339 g/mol. The van der Waals surface area contributed by atoms with E-state index in [1.165, 1.54) is 12.8 Å². The third-order valence-corrected chi connectivity index (χ3v) is 4.63. The van der Waals surface area contributed by atoms with E-state index < -0.39 is 0 Å². The maximum atomic E-state index is 12.0. The number of hydrogen-bond acceptors (Lipinski definition) is 4. The van der Waals surface area contributed by atoms with Gasteiger partial charge in [0.2, 0.25) is 5.91 Å². The summed E-state index contributed by atoms with van der Waals surface area (Å²) in [5.74, 6) is 0.124. The number of rotatable bonds is 5. The van der Waals surface area contributed by atoms with Gasteiger partial charge in [0, 0.05) is 24.0 Å². The second-order valence-electron chi connectivity index (χ2n) is 4.98. The van der Waals surface area contributed by atoms with Gasteiger partial charge in [0.15, 0.2) is 0 Å². The second kappa shape index (κ2) is 8.82. The number of aromatic nitrogens is 1. The zero-order valence-electron chi connectivity index (χ0n) is 11.9. The van der Waals surface area contributed by atoms with Crippen LogP contribution in [0.4, 0.5) is 0 Å². The number of aryl methyl sites for hydroxylation is 1. The smallest absolute Gasteiger partial charge is 0.222 e. The Morgan fingerprint density at radius 2 is 2.05 bits per heavy atom. The van der Waals surface area contributed by atoms with Crippen molar-refractivity contribution in [1.29, 1.82) is 0 Å². The highest BCUT2D eigenvalue weighted by Crippen LogP contribution is 2.40. The Bertz CT molecular complexity index is 420. The Balaban J connectivity index is 0.00000180. The summed E-state index contributed by atoms with van der Waals surface area (Å²) in [4.78, 5) is 16.6. The fraction of sp³-hybridized carbons (Fsp3) is 0.692. The van der Waals surface area contributed by atoms with Crippen molar-refractivity contribution in [3.63, 3.8) is 0 Å². The predicted molar refractivity (Wildman–Crippen MR) is 88.2 cm³/mol. The molecular formula is C13H23Cl2N3OS. The van der Waals surface area contributed by atoms with Gasteiger partial charge in [-0.15, -0.1) is 36.2 Å². The van der Waals surface area contributed by atoms with E-state index in [-0.39, 0.29) is 36.3 Å². The molecule has 1 saturated carbocycles. The lowest BCUT2D eigenvalue weighted by Crippen LogP contribution is -2.44. The molecule has 0 bridgehead atoms. The van der Waals surface area contributed by atoms with Gasteiger partial charge in [-0.3, -0.25) is 4.79 Å². The Hall–Kier alpha value is -0.360. The molecule has 7 heteroatoms. The molecule has 1 aromatic rings. The first-order valence-corrected chi connectivity index (χ1v) is 7.42. The molecule has 1 fully saturated rings. The Morgan fingerprint density at radius 3 is 2.55 bits per heavy atom. The first-order chi connectivity index (χ1) is 8.66. The quantitative estimate of drug-likeness (QED) is 0.867. The lowest BCUT2D eigenvalue weighted by atomic mass is 9.98. The zero-order chi connectivity index (χ0) is 13.0. The molecule has 1 heterocycles. The van der Waals surface area contributed by atoms with E-state index in [0.29, 0.717) is 6.42 Å². The Morgan fingerprint density at radius 1 is 1.40 bits per heavy atom. The minimum absolute atomic E-state index is 0. The normalized spacial score (nSPS) is 16.1. The highest BCUT2D eigenvalue weighted by atomic mass is 35.5. The molecule has 1 aromatic heterocycles. The largest absolute Gasteiger partial charge is 0.344 e. The fourth-order valence-corrected chi connectivity index (χ4v) is 3.52. The van der Waals surface area contributed by atoms with Crippen molar-refractivity contribution in [1.82, 2.24) is 15.6 Å². The number of carbonyl (C=O) groups excluding carboxylic acids is 1. The maximum Gasteiger partial charge on any atom is 0.222 e. The molecular weight excluding hydrogens is 317 g/mol. The summed E-state index contributed by atoms with van der Waals surface area (Å²) in [5, 5.41) is 9.38. The fourth-order valence-electron chi connectivity index (χ4n) is 2.51. The molecule has 0 aromatic carbocycles. The summed E-state index contributed by atoms with van der Waals surface area (Å²) in [7, 11) is 1.86. The first kappa shape index (κ1) is 19.6. The van der Waals surface area contributed by atoms with Crippen LogP contribution in [0.3, 0.4) is 0 Å². The van der Waals surface area contributed by atoms with E-state index in [4.69, 9.17) is 0 Å².